The van der Waals surface area contributed by atoms with Crippen LogP contribution in [0.5, 0.6) is 5.75 Å². The Labute approximate surface area is 130 Å². The van der Waals surface area contributed by atoms with Crippen molar-refractivity contribution in [3.8, 4) is 5.75 Å². The number of nitrogens with one attached hydrogen (secondary N) is 1. The Morgan fingerprint density at radius 1 is 1.35 bits per heavy atom. The molecule has 0 bridgehead atoms. The Balaban J connectivity index is 1.93. The number of benzene rings is 1. The molecule has 0 amide bonds. The zero-order valence-corrected chi connectivity index (χ0v) is 14.1. The molecule has 1 N–H and O–H groups in total. The summed E-state index contributed by atoms with van der Waals surface area (Å²) in [5.41, 5.74) is 1.34. The van der Waals surface area contributed by atoms with Crippen molar-refractivity contribution in [1.29, 1.82) is 0 Å². The highest BCUT2D eigenvalue weighted by Gasteiger charge is 2.16. The highest BCUT2D eigenvalue weighted by atomic mass is 79.9. The van der Waals surface area contributed by atoms with Crippen molar-refractivity contribution in [2.75, 3.05) is 33.3 Å². The molecule has 3 nitrogen and oxygen atoms in total. The molecule has 0 saturated carbocycles. The fourth-order valence-corrected chi connectivity index (χ4v) is 3.39. The highest BCUT2D eigenvalue weighted by Crippen LogP contribution is 2.26. The van der Waals surface area contributed by atoms with Crippen molar-refractivity contribution in [1.82, 2.24) is 10.2 Å². The first-order valence-corrected chi connectivity index (χ1v) is 8.27. The summed E-state index contributed by atoms with van der Waals surface area (Å²) in [7, 11) is 1.70. The van der Waals surface area contributed by atoms with Crippen molar-refractivity contribution in [2.24, 2.45) is 5.92 Å². The van der Waals surface area contributed by atoms with E-state index in [0.29, 0.717) is 0 Å². The van der Waals surface area contributed by atoms with Crippen LogP contribution in [0.25, 0.3) is 0 Å². The Bertz CT molecular complexity index is 419. The second-order valence-corrected chi connectivity index (χ2v) is 6.34. The Hall–Kier alpha value is -0.580. The predicted octanol–water partition coefficient (Wildman–Crippen LogP) is 3.28. The molecule has 1 aliphatic heterocycles. The van der Waals surface area contributed by atoms with Gasteiger partial charge in [0.25, 0.3) is 0 Å². The third-order valence-corrected chi connectivity index (χ3v) is 4.66. The summed E-state index contributed by atoms with van der Waals surface area (Å²) in [4.78, 5) is 2.55. The smallest absolute Gasteiger partial charge is 0.133 e. The van der Waals surface area contributed by atoms with Crippen LogP contribution in [0.3, 0.4) is 0 Å². The van der Waals surface area contributed by atoms with E-state index in [9.17, 15) is 0 Å². The summed E-state index contributed by atoms with van der Waals surface area (Å²) >= 11 is 3.57. The maximum Gasteiger partial charge on any atom is 0.133 e. The first-order valence-electron chi connectivity index (χ1n) is 7.48. The predicted molar refractivity (Wildman–Crippen MR) is 87.2 cm³/mol. The first kappa shape index (κ1) is 15.8. The van der Waals surface area contributed by atoms with Gasteiger partial charge in [-0.25, -0.2) is 0 Å². The summed E-state index contributed by atoms with van der Waals surface area (Å²) in [6, 6.07) is 6.37. The van der Waals surface area contributed by atoms with Crippen LogP contribution >= 0.6 is 15.9 Å². The number of hydrogen-bond donors (Lipinski definition) is 1. The van der Waals surface area contributed by atoms with Crippen molar-refractivity contribution in [3.05, 3.63) is 28.2 Å². The van der Waals surface area contributed by atoms with E-state index in [1.165, 1.54) is 38.0 Å². The van der Waals surface area contributed by atoms with Crippen LogP contribution in [0.1, 0.15) is 25.3 Å². The standard InChI is InChI=1S/C16H25BrN2O/c1-3-19(11-13-6-8-18-9-7-13)12-14-4-5-16(20-2)15(17)10-14/h4-5,10,13,18H,3,6-9,11-12H2,1-2H3. The second kappa shape index (κ2) is 8.01. The zero-order valence-electron chi connectivity index (χ0n) is 12.5. The van der Waals surface area contributed by atoms with Gasteiger partial charge in [0.1, 0.15) is 5.75 Å². The minimum atomic E-state index is 0.845. The Morgan fingerprint density at radius 2 is 2.10 bits per heavy atom. The number of rotatable bonds is 6. The topological polar surface area (TPSA) is 24.5 Å². The maximum absolute atomic E-state index is 5.29. The zero-order chi connectivity index (χ0) is 14.4. The molecule has 1 heterocycles. The number of ether oxygens (including phenoxy) is 1. The van der Waals surface area contributed by atoms with E-state index >= 15 is 0 Å². The van der Waals surface area contributed by atoms with Gasteiger partial charge in [-0.3, -0.25) is 4.90 Å². The molecule has 0 aromatic heterocycles. The number of methoxy groups -OCH3 is 1. The monoisotopic (exact) mass is 340 g/mol. The van der Waals surface area contributed by atoms with Gasteiger partial charge in [-0.2, -0.15) is 0 Å². The molecule has 1 fully saturated rings. The van der Waals surface area contributed by atoms with E-state index in [0.717, 1.165) is 29.2 Å². The maximum atomic E-state index is 5.29. The van der Waals surface area contributed by atoms with Crippen LogP contribution in [0.15, 0.2) is 22.7 Å². The minimum Gasteiger partial charge on any atom is -0.496 e. The molecule has 112 valence electrons. The lowest BCUT2D eigenvalue weighted by molar-refractivity contribution is 0.207. The fourth-order valence-electron chi connectivity index (χ4n) is 2.80. The van der Waals surface area contributed by atoms with Crippen LogP contribution < -0.4 is 10.1 Å². The molecule has 1 aromatic carbocycles. The van der Waals surface area contributed by atoms with E-state index in [1.54, 1.807) is 7.11 Å². The third kappa shape index (κ3) is 4.47. The summed E-state index contributed by atoms with van der Waals surface area (Å²) in [6.45, 7) is 7.94. The fraction of sp³-hybridized carbons (Fsp3) is 0.625. The highest BCUT2D eigenvalue weighted by molar-refractivity contribution is 9.10. The van der Waals surface area contributed by atoms with Gasteiger partial charge in [0.15, 0.2) is 0 Å². The molecular weight excluding hydrogens is 316 g/mol. The molecule has 0 unspecified atom stereocenters. The second-order valence-electron chi connectivity index (χ2n) is 5.49. The summed E-state index contributed by atoms with van der Waals surface area (Å²) in [5, 5.41) is 3.44. The van der Waals surface area contributed by atoms with Gasteiger partial charge >= 0.3 is 0 Å². The molecule has 4 heteroatoms. The van der Waals surface area contributed by atoms with Gasteiger partial charge in [0.05, 0.1) is 11.6 Å². The SMILES string of the molecule is CCN(Cc1ccc(OC)c(Br)c1)CC1CCNCC1. The van der Waals surface area contributed by atoms with E-state index in [1.807, 2.05) is 6.07 Å². The van der Waals surface area contributed by atoms with Crippen LogP contribution in [0.4, 0.5) is 0 Å². The van der Waals surface area contributed by atoms with Crippen LogP contribution in [0, 0.1) is 5.92 Å². The quantitative estimate of drug-likeness (QED) is 0.859. The summed E-state index contributed by atoms with van der Waals surface area (Å²) in [6.07, 6.45) is 2.62. The molecule has 0 radical (unpaired) electrons. The van der Waals surface area contributed by atoms with E-state index in [-0.39, 0.29) is 0 Å². The number of piperidine rings is 1. The van der Waals surface area contributed by atoms with Gasteiger partial charge in [-0.15, -0.1) is 0 Å². The normalized spacial score (nSPS) is 16.6. The molecular formula is C16H25BrN2O. The lowest BCUT2D eigenvalue weighted by atomic mass is 9.97. The van der Waals surface area contributed by atoms with Gasteiger partial charge in [0, 0.05) is 13.1 Å². The largest absolute Gasteiger partial charge is 0.496 e. The molecule has 1 aromatic rings. The van der Waals surface area contributed by atoms with Crippen molar-refractivity contribution < 1.29 is 4.74 Å². The average molecular weight is 341 g/mol. The number of halogens is 1. The minimum absolute atomic E-state index is 0.845. The molecule has 2 rings (SSSR count). The van der Waals surface area contributed by atoms with E-state index in [4.69, 9.17) is 4.74 Å². The molecule has 0 atom stereocenters. The van der Waals surface area contributed by atoms with Gasteiger partial charge in [-0.1, -0.05) is 13.0 Å². The Kier molecular flexibility index (Phi) is 6.33. The lowest BCUT2D eigenvalue weighted by Gasteiger charge is -2.29. The summed E-state index contributed by atoms with van der Waals surface area (Å²) < 4.78 is 6.32. The molecule has 1 saturated heterocycles. The van der Waals surface area contributed by atoms with Crippen molar-refractivity contribution in [2.45, 2.75) is 26.3 Å². The summed E-state index contributed by atoms with van der Waals surface area (Å²) in [5.74, 6) is 1.74. The van der Waals surface area contributed by atoms with Gasteiger partial charge < -0.3 is 10.1 Å². The molecule has 0 aliphatic carbocycles. The van der Waals surface area contributed by atoms with Crippen molar-refractivity contribution >= 4 is 15.9 Å². The van der Waals surface area contributed by atoms with Crippen molar-refractivity contribution in [3.63, 3.8) is 0 Å². The Morgan fingerprint density at radius 3 is 2.70 bits per heavy atom. The molecule has 1 aliphatic rings. The van der Waals surface area contributed by atoms with Gasteiger partial charge in [0.2, 0.25) is 0 Å². The average Bonchev–Trinajstić information content (AvgIpc) is 2.48. The molecule has 20 heavy (non-hydrogen) atoms. The number of nitrogens with zero attached hydrogens (tertiary/aromatic N) is 1. The van der Waals surface area contributed by atoms with E-state index < -0.39 is 0 Å². The van der Waals surface area contributed by atoms with E-state index in [2.05, 4.69) is 45.2 Å². The van der Waals surface area contributed by atoms with Crippen LogP contribution in [0.2, 0.25) is 0 Å². The van der Waals surface area contributed by atoms with Crippen LogP contribution in [-0.2, 0) is 6.54 Å². The molecule has 0 spiro atoms. The lowest BCUT2D eigenvalue weighted by Crippen LogP contribution is -2.35. The number of hydrogen-bond acceptors (Lipinski definition) is 3. The van der Waals surface area contributed by atoms with Crippen LogP contribution in [-0.4, -0.2) is 38.2 Å². The van der Waals surface area contributed by atoms with Gasteiger partial charge in [-0.05, 0) is 72.0 Å². The first-order chi connectivity index (χ1) is 9.72. The third-order valence-electron chi connectivity index (χ3n) is 4.04.